The molecule has 1 aromatic heterocycles. The average Bonchev–Trinajstić information content (AvgIpc) is 3.34. The van der Waals surface area contributed by atoms with Crippen LogP contribution in [0.4, 0.5) is 5.69 Å². The molecule has 0 saturated carbocycles. The van der Waals surface area contributed by atoms with Crippen molar-refractivity contribution in [1.82, 2.24) is 20.3 Å². The van der Waals surface area contributed by atoms with E-state index in [0.717, 1.165) is 0 Å². The number of carbonyl (C=O) groups is 3. The molecule has 0 saturated heterocycles. The van der Waals surface area contributed by atoms with Crippen LogP contribution in [0, 0.1) is 0 Å². The van der Waals surface area contributed by atoms with Gasteiger partial charge in [-0.05, 0) is 64.4 Å². The molecule has 3 aromatic carbocycles. The molecule has 0 aliphatic carbocycles. The largest absolute Gasteiger partial charge is 0.493 e. The Labute approximate surface area is 234 Å². The van der Waals surface area contributed by atoms with Gasteiger partial charge in [-0.3, -0.25) is 19.3 Å². The van der Waals surface area contributed by atoms with Gasteiger partial charge in [-0.2, -0.15) is 0 Å². The standard InChI is InChI=1S/C31H35N5O4/c1-6-31(4,5)32-30(39)29(24-15-8-11-18-27(24)40-7-2)36(23-14-12-13-22(19-23)21(3)37)28(38)20-35-26-17-10-9-16-25(26)33-34-35/h8-19,29H,6-7,20H2,1-5H3,(H,32,39). The predicted octanol–water partition coefficient (Wildman–Crippen LogP) is 5.11. The van der Waals surface area contributed by atoms with Crippen LogP contribution in [0.1, 0.15) is 63.0 Å². The van der Waals surface area contributed by atoms with Crippen molar-refractivity contribution in [3.63, 3.8) is 0 Å². The molecule has 4 rings (SSSR count). The van der Waals surface area contributed by atoms with E-state index in [1.807, 2.05) is 64.1 Å². The number of benzene rings is 3. The third-order valence-corrected chi connectivity index (χ3v) is 6.87. The first-order valence-electron chi connectivity index (χ1n) is 13.4. The van der Waals surface area contributed by atoms with Gasteiger partial charge in [-0.25, -0.2) is 4.68 Å². The summed E-state index contributed by atoms with van der Waals surface area (Å²) in [5, 5.41) is 11.5. The number of nitrogens with one attached hydrogen (secondary N) is 1. The fraction of sp³-hybridized carbons (Fsp3) is 0.323. The fourth-order valence-corrected chi connectivity index (χ4v) is 4.43. The van der Waals surface area contributed by atoms with Crippen LogP contribution in [0.3, 0.4) is 0 Å². The zero-order valence-electron chi connectivity index (χ0n) is 23.5. The van der Waals surface area contributed by atoms with Gasteiger partial charge in [0.15, 0.2) is 5.78 Å². The summed E-state index contributed by atoms with van der Waals surface area (Å²) in [6.45, 7) is 9.37. The molecule has 2 amide bonds. The minimum absolute atomic E-state index is 0.153. The van der Waals surface area contributed by atoms with Gasteiger partial charge in [0.2, 0.25) is 11.8 Å². The molecule has 1 heterocycles. The van der Waals surface area contributed by atoms with Gasteiger partial charge in [-0.15, -0.1) is 5.10 Å². The summed E-state index contributed by atoms with van der Waals surface area (Å²) in [4.78, 5) is 42.2. The van der Waals surface area contributed by atoms with Crippen molar-refractivity contribution in [1.29, 1.82) is 0 Å². The first kappa shape index (κ1) is 28.5. The van der Waals surface area contributed by atoms with Crippen LogP contribution < -0.4 is 15.0 Å². The number of aromatic nitrogens is 3. The number of amides is 2. The summed E-state index contributed by atoms with van der Waals surface area (Å²) in [6, 6.07) is 20.2. The van der Waals surface area contributed by atoms with E-state index in [1.54, 1.807) is 36.4 Å². The van der Waals surface area contributed by atoms with Gasteiger partial charge in [0, 0.05) is 22.4 Å². The van der Waals surface area contributed by atoms with Gasteiger partial charge in [0.05, 0.1) is 12.1 Å². The SMILES string of the molecule is CCOc1ccccc1C(C(=O)NC(C)(C)CC)N(C(=O)Cn1nnc2ccccc21)c1cccc(C(C)=O)c1. The molecular weight excluding hydrogens is 506 g/mol. The smallest absolute Gasteiger partial charge is 0.249 e. The van der Waals surface area contributed by atoms with Crippen LogP contribution in [0.5, 0.6) is 5.75 Å². The molecule has 0 fully saturated rings. The monoisotopic (exact) mass is 541 g/mol. The lowest BCUT2D eigenvalue weighted by Gasteiger charge is -2.35. The second kappa shape index (κ2) is 12.1. The highest BCUT2D eigenvalue weighted by Gasteiger charge is 2.37. The first-order chi connectivity index (χ1) is 19.1. The quantitative estimate of drug-likeness (QED) is 0.265. The van der Waals surface area contributed by atoms with E-state index in [4.69, 9.17) is 4.74 Å². The highest BCUT2D eigenvalue weighted by atomic mass is 16.5. The summed E-state index contributed by atoms with van der Waals surface area (Å²) in [5.41, 5.74) is 2.17. The molecule has 0 aliphatic rings. The molecule has 0 bridgehead atoms. The minimum atomic E-state index is -1.10. The number of anilines is 1. The summed E-state index contributed by atoms with van der Waals surface area (Å²) in [7, 11) is 0. The second-order valence-corrected chi connectivity index (χ2v) is 10.2. The van der Waals surface area contributed by atoms with Gasteiger partial charge in [-0.1, -0.05) is 54.6 Å². The van der Waals surface area contributed by atoms with Crippen molar-refractivity contribution >= 4 is 34.3 Å². The maximum atomic E-state index is 14.3. The van der Waals surface area contributed by atoms with E-state index in [9.17, 15) is 14.4 Å². The van der Waals surface area contributed by atoms with Crippen LogP contribution in [0.2, 0.25) is 0 Å². The van der Waals surface area contributed by atoms with E-state index < -0.39 is 17.5 Å². The van der Waals surface area contributed by atoms with E-state index in [0.29, 0.717) is 46.6 Å². The van der Waals surface area contributed by atoms with Crippen LogP contribution in [-0.4, -0.2) is 44.7 Å². The number of hydrogen-bond acceptors (Lipinski definition) is 6. The number of carbonyl (C=O) groups excluding carboxylic acids is 3. The molecule has 9 nitrogen and oxygen atoms in total. The molecule has 1 N–H and O–H groups in total. The zero-order chi connectivity index (χ0) is 28.9. The Morgan fingerprint density at radius 2 is 1.73 bits per heavy atom. The maximum Gasteiger partial charge on any atom is 0.249 e. The molecule has 1 atom stereocenters. The molecule has 208 valence electrons. The van der Waals surface area contributed by atoms with Crippen LogP contribution >= 0.6 is 0 Å². The predicted molar refractivity (Wildman–Crippen MR) is 154 cm³/mol. The first-order valence-corrected chi connectivity index (χ1v) is 13.4. The van der Waals surface area contributed by atoms with Crippen molar-refractivity contribution in [2.75, 3.05) is 11.5 Å². The number of ketones is 1. The summed E-state index contributed by atoms with van der Waals surface area (Å²) in [6.07, 6.45) is 0.678. The molecule has 40 heavy (non-hydrogen) atoms. The van der Waals surface area contributed by atoms with Crippen LogP contribution in [0.25, 0.3) is 11.0 Å². The van der Waals surface area contributed by atoms with Gasteiger partial charge >= 0.3 is 0 Å². The Kier molecular flexibility index (Phi) is 8.62. The molecule has 0 aliphatic heterocycles. The molecule has 1 unspecified atom stereocenters. The highest BCUT2D eigenvalue weighted by Crippen LogP contribution is 2.35. The Morgan fingerprint density at radius 1 is 1.00 bits per heavy atom. The second-order valence-electron chi connectivity index (χ2n) is 10.2. The van der Waals surface area contributed by atoms with Gasteiger partial charge < -0.3 is 10.1 Å². The van der Waals surface area contributed by atoms with E-state index in [2.05, 4.69) is 15.6 Å². The lowest BCUT2D eigenvalue weighted by Crippen LogP contribution is -2.51. The highest BCUT2D eigenvalue weighted by molar-refractivity contribution is 6.03. The van der Waals surface area contributed by atoms with E-state index in [1.165, 1.54) is 16.5 Å². The number of rotatable bonds is 11. The Morgan fingerprint density at radius 3 is 2.45 bits per heavy atom. The number of nitrogens with zero attached hydrogens (tertiary/aromatic N) is 4. The number of fused-ring (bicyclic) bond motifs is 1. The Bertz CT molecular complexity index is 1530. The van der Waals surface area contributed by atoms with Crippen molar-refractivity contribution in [3.8, 4) is 5.75 Å². The normalized spacial score (nSPS) is 12.1. The van der Waals surface area contributed by atoms with E-state index >= 15 is 0 Å². The fourth-order valence-electron chi connectivity index (χ4n) is 4.43. The molecular formula is C31H35N5O4. The third kappa shape index (κ3) is 6.20. The van der Waals surface area contributed by atoms with Crippen LogP contribution in [0.15, 0.2) is 72.8 Å². The zero-order valence-corrected chi connectivity index (χ0v) is 23.5. The number of Topliss-reactive ketones (excluding diaryl/α,β-unsaturated/α-hetero) is 1. The lowest BCUT2D eigenvalue weighted by molar-refractivity contribution is -0.128. The molecule has 0 spiro atoms. The molecule has 0 radical (unpaired) electrons. The summed E-state index contributed by atoms with van der Waals surface area (Å²) in [5.74, 6) is -0.438. The Balaban J connectivity index is 1.90. The van der Waals surface area contributed by atoms with Crippen LogP contribution in [-0.2, 0) is 16.1 Å². The number of ether oxygens (including phenoxy) is 1. The minimum Gasteiger partial charge on any atom is -0.493 e. The van der Waals surface area contributed by atoms with Crippen molar-refractivity contribution in [2.24, 2.45) is 0 Å². The average molecular weight is 542 g/mol. The maximum absolute atomic E-state index is 14.3. The van der Waals surface area contributed by atoms with Gasteiger partial charge in [0.1, 0.15) is 23.9 Å². The van der Waals surface area contributed by atoms with Gasteiger partial charge in [0.25, 0.3) is 0 Å². The van der Waals surface area contributed by atoms with Crippen molar-refractivity contribution in [2.45, 2.75) is 59.2 Å². The Hall–Kier alpha value is -4.53. The summed E-state index contributed by atoms with van der Waals surface area (Å²) < 4.78 is 7.43. The van der Waals surface area contributed by atoms with Crippen molar-refractivity contribution in [3.05, 3.63) is 83.9 Å². The molecule has 4 aromatic rings. The van der Waals surface area contributed by atoms with E-state index in [-0.39, 0.29) is 18.2 Å². The third-order valence-electron chi connectivity index (χ3n) is 6.87. The topological polar surface area (TPSA) is 106 Å². The molecule has 9 heteroatoms. The summed E-state index contributed by atoms with van der Waals surface area (Å²) >= 11 is 0. The lowest BCUT2D eigenvalue weighted by atomic mass is 9.97. The number of para-hydroxylation sites is 2. The number of hydrogen-bond donors (Lipinski definition) is 1. The van der Waals surface area contributed by atoms with Crippen molar-refractivity contribution < 1.29 is 19.1 Å².